The molecule has 2 aliphatic heterocycles. The Hall–Kier alpha value is -3.96. The predicted molar refractivity (Wildman–Crippen MR) is 93.1 cm³/mol. The molecule has 1 saturated heterocycles. The molecule has 1 unspecified atom stereocenters. The molecule has 0 N–H and O–H groups in total. The summed E-state index contributed by atoms with van der Waals surface area (Å²) < 4.78 is 9.69. The molecule has 2 rings (SSSR count). The second-order valence-electron chi connectivity index (χ2n) is 5.90. The highest BCUT2D eigenvalue weighted by Gasteiger charge is 2.40. The lowest BCUT2D eigenvalue weighted by molar-refractivity contribution is -0.155. The Morgan fingerprint density at radius 3 is 2.31 bits per heavy atom. The summed E-state index contributed by atoms with van der Waals surface area (Å²) >= 11 is 0. The molecule has 0 aromatic rings. The molecule has 1 atom stereocenters. The lowest BCUT2D eigenvalue weighted by Gasteiger charge is -2.15. The number of imide groups is 2. The molecular weight excluding hydrogens is 384 g/mol. The highest BCUT2D eigenvalue weighted by Crippen LogP contribution is 2.23. The number of carbonyl (C=O) groups excluding carboxylic acids is 6. The average Bonchev–Trinajstić information content (AvgIpc) is 3.12. The van der Waals surface area contributed by atoms with Gasteiger partial charge in [-0.05, 0) is 18.0 Å². The number of hydrogen-bond donors (Lipinski definition) is 0. The number of amides is 4. The van der Waals surface area contributed by atoms with E-state index in [1.165, 1.54) is 0 Å². The average molecular weight is 400 g/mol. The van der Waals surface area contributed by atoms with Gasteiger partial charge in [-0.25, -0.2) is 9.69 Å². The van der Waals surface area contributed by atoms with Crippen molar-refractivity contribution in [2.24, 2.45) is 5.92 Å². The number of nitrogens with zero attached hydrogens (tertiary/aromatic N) is 2. The van der Waals surface area contributed by atoms with E-state index in [1.54, 1.807) is 6.92 Å². The maximum atomic E-state index is 12.2. The van der Waals surface area contributed by atoms with Crippen molar-refractivity contribution >= 4 is 35.6 Å². The molecule has 0 aliphatic carbocycles. The SMILES string of the molecule is C=C=C=C=C(C(=O)OCCOC(=O)CN1C(=O)C=CC1=O)N1C(=O)CC(C)C1=O. The smallest absolute Gasteiger partial charge is 0.364 e. The first-order valence-corrected chi connectivity index (χ1v) is 8.39. The summed E-state index contributed by atoms with van der Waals surface area (Å²) in [4.78, 5) is 72.0. The van der Waals surface area contributed by atoms with Gasteiger partial charge in [0.2, 0.25) is 11.8 Å². The molecule has 4 amide bonds. The second-order valence-corrected chi connectivity index (χ2v) is 5.90. The zero-order valence-electron chi connectivity index (χ0n) is 15.4. The molecule has 2 aliphatic rings. The van der Waals surface area contributed by atoms with E-state index in [-0.39, 0.29) is 13.0 Å². The monoisotopic (exact) mass is 400 g/mol. The van der Waals surface area contributed by atoms with Crippen LogP contribution >= 0.6 is 0 Å². The van der Waals surface area contributed by atoms with E-state index in [9.17, 15) is 28.8 Å². The van der Waals surface area contributed by atoms with E-state index in [4.69, 9.17) is 9.47 Å². The quantitative estimate of drug-likeness (QED) is 0.182. The van der Waals surface area contributed by atoms with Crippen LogP contribution in [-0.4, -0.2) is 65.1 Å². The summed E-state index contributed by atoms with van der Waals surface area (Å²) in [7, 11) is 0. The van der Waals surface area contributed by atoms with E-state index < -0.39 is 60.3 Å². The van der Waals surface area contributed by atoms with Crippen LogP contribution in [0.5, 0.6) is 0 Å². The summed E-state index contributed by atoms with van der Waals surface area (Å²) in [6, 6.07) is 0. The minimum Gasteiger partial charge on any atom is -0.461 e. The summed E-state index contributed by atoms with van der Waals surface area (Å²) in [6.45, 7) is 3.44. The minimum atomic E-state index is -1.06. The highest BCUT2D eigenvalue weighted by molar-refractivity contribution is 6.14. The van der Waals surface area contributed by atoms with Gasteiger partial charge in [0.15, 0.2) is 5.70 Å². The first-order valence-electron chi connectivity index (χ1n) is 8.39. The Morgan fingerprint density at radius 2 is 1.76 bits per heavy atom. The van der Waals surface area contributed by atoms with E-state index in [0.717, 1.165) is 12.2 Å². The van der Waals surface area contributed by atoms with Gasteiger partial charge in [-0.2, -0.15) is 0 Å². The van der Waals surface area contributed by atoms with E-state index >= 15 is 0 Å². The van der Waals surface area contributed by atoms with E-state index in [2.05, 4.69) is 23.8 Å². The standard InChI is InChI=1S/C19H16N2O8/c1-3-4-5-13(21-16(24)10-12(2)18(21)26)19(27)29-9-8-28-17(25)11-20-14(22)6-7-15(20)23/h6-7,12H,1,8-11H2,2H3. The van der Waals surface area contributed by atoms with Crippen LogP contribution in [0.1, 0.15) is 13.3 Å². The van der Waals surface area contributed by atoms with Gasteiger partial charge in [-0.15, -0.1) is 0 Å². The molecule has 0 bridgehead atoms. The van der Waals surface area contributed by atoms with Gasteiger partial charge in [0.25, 0.3) is 11.8 Å². The molecule has 0 radical (unpaired) electrons. The van der Waals surface area contributed by atoms with Crippen LogP contribution in [-0.2, 0) is 38.2 Å². The second kappa shape index (κ2) is 9.30. The van der Waals surface area contributed by atoms with E-state index in [0.29, 0.717) is 9.80 Å². The summed E-state index contributed by atoms with van der Waals surface area (Å²) in [6.07, 6.45) is 1.99. The Balaban J connectivity index is 1.90. The van der Waals surface area contributed by atoms with Crippen molar-refractivity contribution in [2.75, 3.05) is 19.8 Å². The van der Waals surface area contributed by atoms with Crippen LogP contribution in [0, 0.1) is 5.92 Å². The van der Waals surface area contributed by atoms with E-state index in [1.807, 2.05) is 0 Å². The maximum Gasteiger partial charge on any atom is 0.364 e. The van der Waals surface area contributed by atoms with Crippen LogP contribution in [0.25, 0.3) is 0 Å². The molecule has 2 heterocycles. The van der Waals surface area contributed by atoms with Gasteiger partial charge in [0.05, 0.1) is 0 Å². The molecule has 150 valence electrons. The zero-order chi connectivity index (χ0) is 21.6. The van der Waals surface area contributed by atoms with Crippen LogP contribution in [0.4, 0.5) is 0 Å². The van der Waals surface area contributed by atoms with Crippen molar-refractivity contribution in [2.45, 2.75) is 13.3 Å². The van der Waals surface area contributed by atoms with Crippen molar-refractivity contribution in [1.82, 2.24) is 9.80 Å². The van der Waals surface area contributed by atoms with Crippen molar-refractivity contribution in [3.63, 3.8) is 0 Å². The summed E-state index contributed by atoms with van der Waals surface area (Å²) in [5.74, 6) is -4.97. The molecule has 0 aromatic carbocycles. The van der Waals surface area contributed by atoms with Crippen LogP contribution in [0.15, 0.2) is 41.6 Å². The fraction of sp³-hybridized carbons (Fsp3) is 0.316. The zero-order valence-corrected chi connectivity index (χ0v) is 15.4. The molecule has 0 aromatic heterocycles. The number of rotatable bonds is 7. The number of carbonyl (C=O) groups is 6. The summed E-state index contributed by atoms with van der Waals surface area (Å²) in [5.41, 5.74) is 6.31. The molecule has 29 heavy (non-hydrogen) atoms. The maximum absolute atomic E-state index is 12.2. The molecule has 0 spiro atoms. The third kappa shape index (κ3) is 5.06. The fourth-order valence-corrected chi connectivity index (χ4v) is 2.44. The lowest BCUT2D eigenvalue weighted by atomic mass is 10.1. The molecule has 10 heteroatoms. The van der Waals surface area contributed by atoms with Crippen LogP contribution < -0.4 is 0 Å². The molecule has 1 fully saturated rings. The van der Waals surface area contributed by atoms with Crippen LogP contribution in [0.3, 0.4) is 0 Å². The van der Waals surface area contributed by atoms with Crippen LogP contribution in [0.2, 0.25) is 0 Å². The summed E-state index contributed by atoms with van der Waals surface area (Å²) in [5, 5.41) is 0. The normalized spacial score (nSPS) is 17.8. The third-order valence-corrected chi connectivity index (χ3v) is 3.83. The van der Waals surface area contributed by atoms with Gasteiger partial charge in [-0.1, -0.05) is 12.7 Å². The van der Waals surface area contributed by atoms with Gasteiger partial charge < -0.3 is 9.47 Å². The minimum absolute atomic E-state index is 0.0600. The van der Waals surface area contributed by atoms with Crippen molar-refractivity contribution in [3.05, 3.63) is 41.6 Å². The lowest BCUT2D eigenvalue weighted by Crippen LogP contribution is -2.36. The highest BCUT2D eigenvalue weighted by atomic mass is 16.6. The first kappa shape index (κ1) is 21.3. The fourth-order valence-electron chi connectivity index (χ4n) is 2.44. The van der Waals surface area contributed by atoms with Gasteiger partial charge in [-0.3, -0.25) is 28.9 Å². The first-order chi connectivity index (χ1) is 13.8. The Bertz CT molecular complexity index is 925. The number of esters is 2. The largest absolute Gasteiger partial charge is 0.461 e. The number of hydrogen-bond acceptors (Lipinski definition) is 8. The van der Waals surface area contributed by atoms with Crippen molar-refractivity contribution in [1.29, 1.82) is 0 Å². The molecule has 10 nitrogen and oxygen atoms in total. The Morgan fingerprint density at radius 1 is 1.14 bits per heavy atom. The Kier molecular flexibility index (Phi) is 6.85. The molecular formula is C19H16N2O8. The molecule has 0 saturated carbocycles. The van der Waals surface area contributed by atoms with Crippen molar-refractivity contribution < 1.29 is 38.2 Å². The van der Waals surface area contributed by atoms with Gasteiger partial charge in [0.1, 0.15) is 19.8 Å². The third-order valence-electron chi connectivity index (χ3n) is 3.83. The van der Waals surface area contributed by atoms with Gasteiger partial charge >= 0.3 is 11.9 Å². The number of ether oxygens (including phenoxy) is 2. The topological polar surface area (TPSA) is 127 Å². The van der Waals surface area contributed by atoms with Crippen molar-refractivity contribution in [3.8, 4) is 0 Å². The van der Waals surface area contributed by atoms with Gasteiger partial charge in [0, 0.05) is 24.5 Å². The number of likely N-dealkylation sites (tertiary alicyclic amines) is 1. The predicted octanol–water partition coefficient (Wildman–Crippen LogP) is -0.628. The Labute approximate surface area is 165 Å².